The van der Waals surface area contributed by atoms with Crippen molar-refractivity contribution >= 4 is 5.91 Å². The van der Waals surface area contributed by atoms with Crippen LogP contribution in [-0.2, 0) is 15.9 Å². The number of pyridine rings is 1. The fourth-order valence-corrected chi connectivity index (χ4v) is 3.17. The van der Waals surface area contributed by atoms with Gasteiger partial charge in [-0.05, 0) is 37.5 Å². The van der Waals surface area contributed by atoms with Gasteiger partial charge < -0.3 is 18.9 Å². The zero-order valence-electron chi connectivity index (χ0n) is 14.6. The van der Waals surface area contributed by atoms with Gasteiger partial charge in [-0.15, -0.1) is 0 Å². The molecule has 0 aromatic carbocycles. The third-order valence-corrected chi connectivity index (χ3v) is 4.41. The van der Waals surface area contributed by atoms with Crippen LogP contribution in [0.5, 0.6) is 0 Å². The van der Waals surface area contributed by atoms with Gasteiger partial charge in [-0.25, -0.2) is 0 Å². The van der Waals surface area contributed by atoms with Crippen LogP contribution in [0.15, 0.2) is 35.1 Å². The molecule has 7 heteroatoms. The van der Waals surface area contributed by atoms with E-state index in [4.69, 9.17) is 14.0 Å². The van der Waals surface area contributed by atoms with Crippen LogP contribution < -0.4 is 0 Å². The Balaban J connectivity index is 1.76. The molecule has 1 aliphatic rings. The standard InChI is InChI=1S/C18H23N3O4/c1-13-11-15(20-25-13)18(22)21-8-5-17(24-10-9-23-2)16(21)12-14-3-6-19-7-4-14/h3-4,6-7,11,16-17H,5,8-10,12H2,1-2H3/t16-,17+/m0/s1. The Labute approximate surface area is 146 Å². The van der Waals surface area contributed by atoms with Crippen molar-refractivity contribution in [3.8, 4) is 0 Å². The van der Waals surface area contributed by atoms with E-state index in [-0.39, 0.29) is 18.1 Å². The molecule has 0 saturated carbocycles. The van der Waals surface area contributed by atoms with Gasteiger partial charge in [0.2, 0.25) is 0 Å². The molecule has 2 atom stereocenters. The lowest BCUT2D eigenvalue weighted by molar-refractivity contribution is 0.000366. The van der Waals surface area contributed by atoms with Gasteiger partial charge in [-0.1, -0.05) is 5.16 Å². The zero-order chi connectivity index (χ0) is 17.6. The van der Waals surface area contributed by atoms with Crippen LogP contribution in [0.1, 0.15) is 28.2 Å². The highest BCUT2D eigenvalue weighted by atomic mass is 16.5. The normalized spacial score (nSPS) is 20.2. The third kappa shape index (κ3) is 4.24. The Morgan fingerprint density at radius 1 is 1.36 bits per heavy atom. The van der Waals surface area contributed by atoms with Crippen LogP contribution in [0.4, 0.5) is 0 Å². The summed E-state index contributed by atoms with van der Waals surface area (Å²) in [6.45, 7) is 3.46. The molecule has 1 saturated heterocycles. The minimum Gasteiger partial charge on any atom is -0.382 e. The number of rotatable bonds is 7. The first-order valence-electron chi connectivity index (χ1n) is 8.42. The molecule has 0 unspecified atom stereocenters. The Bertz CT molecular complexity index is 689. The van der Waals surface area contributed by atoms with E-state index < -0.39 is 0 Å². The van der Waals surface area contributed by atoms with E-state index in [1.165, 1.54) is 0 Å². The van der Waals surface area contributed by atoms with Crippen molar-refractivity contribution in [1.82, 2.24) is 15.0 Å². The summed E-state index contributed by atoms with van der Waals surface area (Å²) in [6, 6.07) is 5.55. The van der Waals surface area contributed by atoms with Gasteiger partial charge in [0.05, 0.1) is 25.4 Å². The monoisotopic (exact) mass is 345 g/mol. The van der Waals surface area contributed by atoms with Gasteiger partial charge in [-0.3, -0.25) is 9.78 Å². The van der Waals surface area contributed by atoms with E-state index in [0.717, 1.165) is 12.0 Å². The lowest BCUT2D eigenvalue weighted by Gasteiger charge is -2.28. The van der Waals surface area contributed by atoms with E-state index in [1.807, 2.05) is 17.0 Å². The van der Waals surface area contributed by atoms with Crippen LogP contribution in [0.3, 0.4) is 0 Å². The van der Waals surface area contributed by atoms with E-state index in [1.54, 1.807) is 32.5 Å². The van der Waals surface area contributed by atoms with Gasteiger partial charge in [0.15, 0.2) is 5.69 Å². The second kappa shape index (κ2) is 8.22. The van der Waals surface area contributed by atoms with Crippen LogP contribution in [0.2, 0.25) is 0 Å². The molecule has 0 N–H and O–H groups in total. The molecular formula is C18H23N3O4. The second-order valence-electron chi connectivity index (χ2n) is 6.14. The molecule has 3 rings (SSSR count). The van der Waals surface area contributed by atoms with E-state index >= 15 is 0 Å². The van der Waals surface area contributed by atoms with Crippen molar-refractivity contribution in [1.29, 1.82) is 0 Å². The first kappa shape index (κ1) is 17.6. The second-order valence-corrected chi connectivity index (χ2v) is 6.14. The molecule has 2 aromatic heterocycles. The smallest absolute Gasteiger partial charge is 0.276 e. The van der Waals surface area contributed by atoms with E-state index in [0.29, 0.717) is 37.6 Å². The molecule has 3 heterocycles. The number of carbonyl (C=O) groups excluding carboxylic acids is 1. The van der Waals surface area contributed by atoms with Crippen LogP contribution >= 0.6 is 0 Å². The highest BCUT2D eigenvalue weighted by Crippen LogP contribution is 2.26. The number of nitrogens with zero attached hydrogens (tertiary/aromatic N) is 3. The summed E-state index contributed by atoms with van der Waals surface area (Å²) in [4.78, 5) is 18.7. The van der Waals surface area contributed by atoms with E-state index in [9.17, 15) is 4.79 Å². The highest BCUT2D eigenvalue weighted by Gasteiger charge is 2.38. The SMILES string of the molecule is COCCO[C@@H]1CCN(C(=O)c2cc(C)on2)[C@H]1Cc1ccncc1. The summed E-state index contributed by atoms with van der Waals surface area (Å²) >= 11 is 0. The van der Waals surface area contributed by atoms with E-state index in [2.05, 4.69) is 10.1 Å². The first-order chi connectivity index (χ1) is 12.2. The number of hydrogen-bond donors (Lipinski definition) is 0. The molecule has 2 aromatic rings. The summed E-state index contributed by atoms with van der Waals surface area (Å²) in [5.74, 6) is 0.509. The summed E-state index contributed by atoms with van der Waals surface area (Å²) in [6.07, 6.45) is 5.00. The first-order valence-corrected chi connectivity index (χ1v) is 8.42. The molecule has 134 valence electrons. The molecule has 1 amide bonds. The van der Waals surface area contributed by atoms with Gasteiger partial charge >= 0.3 is 0 Å². The predicted octanol–water partition coefficient (Wildman–Crippen LogP) is 1.87. The number of ether oxygens (including phenoxy) is 2. The minimum atomic E-state index is -0.117. The summed E-state index contributed by atoms with van der Waals surface area (Å²) in [5, 5.41) is 3.87. The van der Waals surface area contributed by atoms with Crippen molar-refractivity contribution in [2.75, 3.05) is 26.9 Å². The molecule has 1 aliphatic heterocycles. The molecule has 0 radical (unpaired) electrons. The summed E-state index contributed by atoms with van der Waals surface area (Å²) in [7, 11) is 1.65. The molecule has 25 heavy (non-hydrogen) atoms. The Kier molecular flexibility index (Phi) is 5.78. The maximum absolute atomic E-state index is 12.8. The van der Waals surface area contributed by atoms with Gasteiger partial charge in [0, 0.05) is 32.1 Å². The molecule has 1 fully saturated rings. The Morgan fingerprint density at radius 3 is 2.84 bits per heavy atom. The molecule has 0 bridgehead atoms. The number of likely N-dealkylation sites (tertiary alicyclic amines) is 1. The molecule has 0 aliphatic carbocycles. The van der Waals surface area contributed by atoms with Crippen molar-refractivity contribution < 1.29 is 18.8 Å². The average molecular weight is 345 g/mol. The fraction of sp³-hybridized carbons (Fsp3) is 0.500. The maximum Gasteiger partial charge on any atom is 0.276 e. The quantitative estimate of drug-likeness (QED) is 0.713. The largest absolute Gasteiger partial charge is 0.382 e. The fourth-order valence-electron chi connectivity index (χ4n) is 3.17. The van der Waals surface area contributed by atoms with Gasteiger partial charge in [0.1, 0.15) is 5.76 Å². The highest BCUT2D eigenvalue weighted by molar-refractivity contribution is 5.92. The molecule has 7 nitrogen and oxygen atoms in total. The third-order valence-electron chi connectivity index (χ3n) is 4.41. The lowest BCUT2D eigenvalue weighted by atomic mass is 10.0. The topological polar surface area (TPSA) is 77.7 Å². The predicted molar refractivity (Wildman–Crippen MR) is 90.2 cm³/mol. The van der Waals surface area contributed by atoms with Crippen molar-refractivity contribution in [3.05, 3.63) is 47.6 Å². The van der Waals surface area contributed by atoms with Crippen molar-refractivity contribution in [3.63, 3.8) is 0 Å². The van der Waals surface area contributed by atoms with Crippen LogP contribution in [0.25, 0.3) is 0 Å². The van der Waals surface area contributed by atoms with Crippen LogP contribution in [0, 0.1) is 6.92 Å². The van der Waals surface area contributed by atoms with Crippen molar-refractivity contribution in [2.24, 2.45) is 0 Å². The molecular weight excluding hydrogens is 322 g/mol. The number of methoxy groups -OCH3 is 1. The number of carbonyl (C=O) groups is 1. The van der Waals surface area contributed by atoms with Crippen molar-refractivity contribution in [2.45, 2.75) is 31.9 Å². The Morgan fingerprint density at radius 2 is 2.16 bits per heavy atom. The number of hydrogen-bond acceptors (Lipinski definition) is 6. The number of amides is 1. The maximum atomic E-state index is 12.8. The lowest BCUT2D eigenvalue weighted by Crippen LogP contribution is -2.42. The summed E-state index contributed by atoms with van der Waals surface area (Å²) < 4.78 is 16.1. The van der Waals surface area contributed by atoms with Gasteiger partial charge in [0.25, 0.3) is 5.91 Å². The van der Waals surface area contributed by atoms with Gasteiger partial charge in [-0.2, -0.15) is 0 Å². The van der Waals surface area contributed by atoms with Crippen LogP contribution in [-0.4, -0.2) is 60.0 Å². The molecule has 0 spiro atoms. The summed E-state index contributed by atoms with van der Waals surface area (Å²) in [5.41, 5.74) is 1.46. The number of aromatic nitrogens is 2. The number of aryl methyl sites for hydroxylation is 1. The Hall–Kier alpha value is -2.25. The average Bonchev–Trinajstić information content (AvgIpc) is 3.22. The zero-order valence-corrected chi connectivity index (χ0v) is 14.6. The minimum absolute atomic E-state index is 0.0275.